The number of rotatable bonds is 1. The lowest BCUT2D eigenvalue weighted by atomic mass is 10.2. The number of aliphatic imine (C=N–C) groups is 1. The molecule has 1 aromatic heterocycles. The van der Waals surface area contributed by atoms with Gasteiger partial charge >= 0.3 is 0 Å². The molecule has 1 amide bonds. The zero-order chi connectivity index (χ0) is 10.8. The quantitative estimate of drug-likeness (QED) is 0.511. The number of H-pyrrole nitrogens is 1. The Kier molecular flexibility index (Phi) is 3.52. The first-order valence-electron chi connectivity index (χ1n) is 4.38. The standard InChI is InChI=1S/C10H10N4O.ClH/c11-10(12)14-9(15)8-5-6-3-1-2-4-7(6)13-8;/h1-5,13H,(H4,11,12,14,15);1H. The Bertz CT molecular complexity index is 509. The van der Waals surface area contributed by atoms with Crippen LogP contribution >= 0.6 is 12.4 Å². The number of nitrogens with one attached hydrogen (secondary N) is 1. The van der Waals surface area contributed by atoms with Crippen LogP contribution in [0.2, 0.25) is 0 Å². The lowest BCUT2D eigenvalue weighted by Gasteiger charge is -1.90. The molecule has 5 nitrogen and oxygen atoms in total. The summed E-state index contributed by atoms with van der Waals surface area (Å²) in [5.74, 6) is -0.704. The van der Waals surface area contributed by atoms with Crippen molar-refractivity contribution in [3.63, 3.8) is 0 Å². The first kappa shape index (κ1) is 12.1. The third-order valence-electron chi connectivity index (χ3n) is 1.99. The summed E-state index contributed by atoms with van der Waals surface area (Å²) in [4.78, 5) is 17.8. The number of nitrogens with zero attached hydrogens (tertiary/aromatic N) is 1. The van der Waals surface area contributed by atoms with E-state index in [2.05, 4.69) is 9.98 Å². The Balaban J connectivity index is 0.00000128. The van der Waals surface area contributed by atoms with Crippen molar-refractivity contribution in [2.75, 3.05) is 0 Å². The molecule has 5 N–H and O–H groups in total. The number of carbonyl (C=O) groups is 1. The monoisotopic (exact) mass is 238 g/mol. The number of halogens is 1. The number of benzene rings is 1. The predicted molar refractivity (Wildman–Crippen MR) is 65.7 cm³/mol. The number of guanidine groups is 1. The Morgan fingerprint density at radius 3 is 2.56 bits per heavy atom. The van der Waals surface area contributed by atoms with E-state index in [1.165, 1.54) is 0 Å². The van der Waals surface area contributed by atoms with Gasteiger partial charge in [0.25, 0.3) is 5.91 Å². The van der Waals surface area contributed by atoms with E-state index >= 15 is 0 Å². The zero-order valence-electron chi connectivity index (χ0n) is 8.31. The predicted octanol–water partition coefficient (Wildman–Crippen LogP) is 1.00. The number of aromatic nitrogens is 1. The van der Waals surface area contributed by atoms with Gasteiger partial charge in [-0.05, 0) is 12.1 Å². The second kappa shape index (κ2) is 4.67. The molecule has 0 aliphatic rings. The van der Waals surface area contributed by atoms with Crippen molar-refractivity contribution in [2.45, 2.75) is 0 Å². The maximum atomic E-state index is 11.4. The van der Waals surface area contributed by atoms with Crippen molar-refractivity contribution in [1.29, 1.82) is 0 Å². The minimum absolute atomic E-state index is 0. The van der Waals surface area contributed by atoms with Crippen molar-refractivity contribution in [3.8, 4) is 0 Å². The highest BCUT2D eigenvalue weighted by atomic mass is 35.5. The summed E-state index contributed by atoms with van der Waals surface area (Å²) in [6.07, 6.45) is 0. The summed E-state index contributed by atoms with van der Waals surface area (Å²) in [6, 6.07) is 9.27. The summed E-state index contributed by atoms with van der Waals surface area (Å²) in [5.41, 5.74) is 11.5. The summed E-state index contributed by atoms with van der Waals surface area (Å²) >= 11 is 0. The molecule has 2 aromatic rings. The van der Waals surface area contributed by atoms with Crippen LogP contribution in [-0.4, -0.2) is 16.9 Å². The van der Waals surface area contributed by atoms with Crippen LogP contribution in [0.15, 0.2) is 35.3 Å². The number of aromatic amines is 1. The molecule has 16 heavy (non-hydrogen) atoms. The molecule has 1 aromatic carbocycles. The van der Waals surface area contributed by atoms with Crippen LogP contribution in [0, 0.1) is 0 Å². The Morgan fingerprint density at radius 2 is 1.94 bits per heavy atom. The minimum atomic E-state index is -0.466. The number of fused-ring (bicyclic) bond motifs is 1. The van der Waals surface area contributed by atoms with Crippen molar-refractivity contribution < 1.29 is 4.79 Å². The molecule has 0 bridgehead atoms. The smallest absolute Gasteiger partial charge is 0.296 e. The Labute approximate surface area is 97.9 Å². The largest absolute Gasteiger partial charge is 0.370 e. The summed E-state index contributed by atoms with van der Waals surface area (Å²) in [7, 11) is 0. The summed E-state index contributed by atoms with van der Waals surface area (Å²) < 4.78 is 0. The van der Waals surface area contributed by atoms with Crippen molar-refractivity contribution in [3.05, 3.63) is 36.0 Å². The topological polar surface area (TPSA) is 97.3 Å². The number of hydrogen-bond acceptors (Lipinski definition) is 1. The van der Waals surface area contributed by atoms with Crippen molar-refractivity contribution in [1.82, 2.24) is 4.98 Å². The van der Waals surface area contributed by atoms with Gasteiger partial charge < -0.3 is 16.5 Å². The maximum Gasteiger partial charge on any atom is 0.296 e. The molecule has 0 saturated carbocycles. The van der Waals surface area contributed by atoms with E-state index in [0.29, 0.717) is 5.69 Å². The average molecular weight is 239 g/mol. The Morgan fingerprint density at radius 1 is 1.25 bits per heavy atom. The highest BCUT2D eigenvalue weighted by Crippen LogP contribution is 2.14. The van der Waals surface area contributed by atoms with Gasteiger partial charge in [-0.3, -0.25) is 4.79 Å². The fraction of sp³-hybridized carbons (Fsp3) is 0. The third-order valence-corrected chi connectivity index (χ3v) is 1.99. The fourth-order valence-electron chi connectivity index (χ4n) is 1.37. The van der Waals surface area contributed by atoms with Gasteiger partial charge in [0.05, 0.1) is 0 Å². The lowest BCUT2D eigenvalue weighted by molar-refractivity contribution is 0.0999. The molecule has 0 radical (unpaired) electrons. The van der Waals surface area contributed by atoms with Gasteiger partial charge in [-0.1, -0.05) is 18.2 Å². The van der Waals surface area contributed by atoms with Crippen LogP contribution in [0.5, 0.6) is 0 Å². The molecule has 0 saturated heterocycles. The zero-order valence-corrected chi connectivity index (χ0v) is 9.12. The number of amides is 1. The third kappa shape index (κ3) is 2.32. The molecule has 0 aliphatic carbocycles. The van der Waals surface area contributed by atoms with Crippen LogP contribution in [0.4, 0.5) is 0 Å². The summed E-state index contributed by atoms with van der Waals surface area (Å²) in [6.45, 7) is 0. The summed E-state index contributed by atoms with van der Waals surface area (Å²) in [5, 5.41) is 0.951. The number of nitrogens with two attached hydrogens (primary N) is 2. The molecule has 6 heteroatoms. The molecule has 0 unspecified atom stereocenters. The molecule has 84 valence electrons. The normalized spacial score (nSPS) is 9.50. The molecular formula is C10H11ClN4O. The number of carbonyl (C=O) groups excluding carboxylic acids is 1. The van der Waals surface area contributed by atoms with E-state index < -0.39 is 5.91 Å². The van der Waals surface area contributed by atoms with E-state index in [1.54, 1.807) is 6.07 Å². The highest BCUT2D eigenvalue weighted by molar-refractivity contribution is 6.03. The SMILES string of the molecule is Cl.NC(N)=NC(=O)c1cc2ccccc2[nH]1. The fourth-order valence-corrected chi connectivity index (χ4v) is 1.37. The van der Waals surface area contributed by atoms with Crippen LogP contribution in [0.1, 0.15) is 10.5 Å². The van der Waals surface area contributed by atoms with Crippen molar-refractivity contribution >= 4 is 35.2 Å². The van der Waals surface area contributed by atoms with Crippen LogP contribution < -0.4 is 11.5 Å². The van der Waals surface area contributed by atoms with Gasteiger partial charge in [-0.25, -0.2) is 0 Å². The van der Waals surface area contributed by atoms with E-state index in [4.69, 9.17) is 11.5 Å². The van der Waals surface area contributed by atoms with E-state index in [9.17, 15) is 4.79 Å². The van der Waals surface area contributed by atoms with Crippen LogP contribution in [0.25, 0.3) is 10.9 Å². The molecule has 0 aliphatic heterocycles. The van der Waals surface area contributed by atoms with Crippen LogP contribution in [0.3, 0.4) is 0 Å². The molecule has 0 fully saturated rings. The second-order valence-electron chi connectivity index (χ2n) is 3.11. The minimum Gasteiger partial charge on any atom is -0.370 e. The maximum absolute atomic E-state index is 11.4. The second-order valence-corrected chi connectivity index (χ2v) is 3.11. The number of hydrogen-bond donors (Lipinski definition) is 3. The lowest BCUT2D eigenvalue weighted by Crippen LogP contribution is -2.24. The first-order valence-corrected chi connectivity index (χ1v) is 4.38. The Hall–Kier alpha value is -2.01. The van der Waals surface area contributed by atoms with E-state index in [0.717, 1.165) is 10.9 Å². The first-order chi connectivity index (χ1) is 7.16. The highest BCUT2D eigenvalue weighted by Gasteiger charge is 2.07. The molecule has 1 heterocycles. The molecular weight excluding hydrogens is 228 g/mol. The van der Waals surface area contributed by atoms with Gasteiger partial charge in [0, 0.05) is 10.9 Å². The van der Waals surface area contributed by atoms with Crippen LogP contribution in [-0.2, 0) is 0 Å². The average Bonchev–Trinajstić information content (AvgIpc) is 2.59. The van der Waals surface area contributed by atoms with E-state index in [1.807, 2.05) is 24.3 Å². The number of para-hydroxylation sites is 1. The molecule has 0 atom stereocenters. The van der Waals surface area contributed by atoms with Gasteiger partial charge in [-0.2, -0.15) is 4.99 Å². The van der Waals surface area contributed by atoms with Gasteiger partial charge in [-0.15, -0.1) is 12.4 Å². The van der Waals surface area contributed by atoms with Crippen molar-refractivity contribution in [2.24, 2.45) is 16.5 Å². The van der Waals surface area contributed by atoms with Gasteiger partial charge in [0.2, 0.25) is 0 Å². The molecule has 0 spiro atoms. The van der Waals surface area contributed by atoms with Gasteiger partial charge in [0.15, 0.2) is 5.96 Å². The van der Waals surface area contributed by atoms with Gasteiger partial charge in [0.1, 0.15) is 5.69 Å². The van der Waals surface area contributed by atoms with E-state index in [-0.39, 0.29) is 18.4 Å². The molecule has 2 rings (SSSR count).